The van der Waals surface area contributed by atoms with E-state index < -0.39 is 0 Å². The molecule has 2 nitrogen and oxygen atoms in total. The summed E-state index contributed by atoms with van der Waals surface area (Å²) in [6, 6.07) is 6.57. The Kier molecular flexibility index (Phi) is 4.24. The summed E-state index contributed by atoms with van der Waals surface area (Å²) in [4.78, 5) is 2.66. The SMILES string of the molecule is Cc1cc(C)cc(CN(C)CC(N)=S)c1. The van der Waals surface area contributed by atoms with Gasteiger partial charge in [-0.1, -0.05) is 41.5 Å². The molecule has 0 unspecified atom stereocenters. The fraction of sp³-hybridized carbons (Fsp3) is 0.417. The van der Waals surface area contributed by atoms with Crippen LogP contribution < -0.4 is 5.73 Å². The van der Waals surface area contributed by atoms with Crippen LogP contribution in [-0.4, -0.2) is 23.5 Å². The standard InChI is InChI=1S/C12H18N2S/c1-9-4-10(2)6-11(5-9)7-14(3)8-12(13)15/h4-6H,7-8H2,1-3H3,(H2,13,15). The van der Waals surface area contributed by atoms with Crippen LogP contribution in [0.2, 0.25) is 0 Å². The zero-order chi connectivity index (χ0) is 11.4. The molecule has 82 valence electrons. The topological polar surface area (TPSA) is 29.3 Å². The Morgan fingerprint density at radius 1 is 1.27 bits per heavy atom. The maximum atomic E-state index is 5.50. The first-order valence-corrected chi connectivity index (χ1v) is 5.42. The van der Waals surface area contributed by atoms with E-state index >= 15 is 0 Å². The number of rotatable bonds is 4. The van der Waals surface area contributed by atoms with Gasteiger partial charge in [-0.25, -0.2) is 0 Å². The molecule has 1 rings (SSSR count). The third-order valence-corrected chi connectivity index (χ3v) is 2.29. The van der Waals surface area contributed by atoms with Crippen molar-refractivity contribution in [2.45, 2.75) is 20.4 Å². The van der Waals surface area contributed by atoms with E-state index in [1.807, 2.05) is 7.05 Å². The van der Waals surface area contributed by atoms with Crippen LogP contribution in [0.25, 0.3) is 0 Å². The first-order chi connectivity index (χ1) is 6.97. The summed E-state index contributed by atoms with van der Waals surface area (Å²) in [5.74, 6) is 0. The number of aryl methyl sites for hydroxylation is 2. The van der Waals surface area contributed by atoms with E-state index in [2.05, 4.69) is 36.9 Å². The second kappa shape index (κ2) is 5.24. The number of likely N-dealkylation sites (N-methyl/N-ethyl adjacent to an activating group) is 1. The van der Waals surface area contributed by atoms with Gasteiger partial charge in [0, 0.05) is 13.1 Å². The molecular weight excluding hydrogens is 204 g/mol. The lowest BCUT2D eigenvalue weighted by Crippen LogP contribution is -2.28. The second-order valence-electron chi connectivity index (χ2n) is 4.13. The van der Waals surface area contributed by atoms with Crippen LogP contribution in [0.4, 0.5) is 0 Å². The Morgan fingerprint density at radius 2 is 1.80 bits per heavy atom. The normalized spacial score (nSPS) is 10.7. The molecular formula is C12H18N2S. The Balaban J connectivity index is 2.67. The Labute approximate surface area is 97.1 Å². The molecule has 15 heavy (non-hydrogen) atoms. The third kappa shape index (κ3) is 4.40. The fourth-order valence-corrected chi connectivity index (χ4v) is 2.01. The van der Waals surface area contributed by atoms with E-state index in [0.717, 1.165) is 6.54 Å². The summed E-state index contributed by atoms with van der Waals surface area (Å²) in [5.41, 5.74) is 9.41. The predicted octanol–water partition coefficient (Wildman–Crippen LogP) is 2.02. The van der Waals surface area contributed by atoms with Gasteiger partial charge in [-0.2, -0.15) is 0 Å². The molecule has 0 fully saturated rings. The zero-order valence-electron chi connectivity index (χ0n) is 9.58. The van der Waals surface area contributed by atoms with E-state index in [9.17, 15) is 0 Å². The highest BCUT2D eigenvalue weighted by Crippen LogP contribution is 2.10. The monoisotopic (exact) mass is 222 g/mol. The average Bonchev–Trinajstić information content (AvgIpc) is 1.98. The fourth-order valence-electron chi connectivity index (χ4n) is 1.79. The quantitative estimate of drug-likeness (QED) is 0.790. The molecule has 0 heterocycles. The molecule has 2 N–H and O–H groups in total. The summed E-state index contributed by atoms with van der Waals surface area (Å²) in [5, 5.41) is 0. The lowest BCUT2D eigenvalue weighted by molar-refractivity contribution is 0.374. The van der Waals surface area contributed by atoms with Crippen LogP contribution in [0.15, 0.2) is 18.2 Å². The molecule has 0 aliphatic carbocycles. The van der Waals surface area contributed by atoms with Gasteiger partial charge in [0.1, 0.15) is 0 Å². The van der Waals surface area contributed by atoms with Crippen molar-refractivity contribution in [2.75, 3.05) is 13.6 Å². The van der Waals surface area contributed by atoms with Gasteiger partial charge in [0.2, 0.25) is 0 Å². The van der Waals surface area contributed by atoms with Gasteiger partial charge in [-0.3, -0.25) is 4.90 Å². The Bertz CT molecular complexity index is 340. The summed E-state index contributed by atoms with van der Waals surface area (Å²) in [6.45, 7) is 5.79. The smallest absolute Gasteiger partial charge is 0.0870 e. The molecule has 1 aromatic rings. The first kappa shape index (κ1) is 12.1. The van der Waals surface area contributed by atoms with Crippen molar-refractivity contribution in [3.05, 3.63) is 34.9 Å². The van der Waals surface area contributed by atoms with E-state index in [1.165, 1.54) is 16.7 Å². The van der Waals surface area contributed by atoms with Crippen LogP contribution >= 0.6 is 12.2 Å². The minimum absolute atomic E-state index is 0.543. The maximum Gasteiger partial charge on any atom is 0.0870 e. The van der Waals surface area contributed by atoms with Crippen LogP contribution in [0.5, 0.6) is 0 Å². The molecule has 0 aromatic heterocycles. The molecule has 0 atom stereocenters. The minimum Gasteiger partial charge on any atom is -0.392 e. The summed E-state index contributed by atoms with van der Waals surface area (Å²) < 4.78 is 0. The van der Waals surface area contributed by atoms with Crippen molar-refractivity contribution in [3.63, 3.8) is 0 Å². The molecule has 0 radical (unpaired) electrons. The van der Waals surface area contributed by atoms with Gasteiger partial charge in [-0.15, -0.1) is 0 Å². The minimum atomic E-state index is 0.543. The molecule has 0 amide bonds. The largest absolute Gasteiger partial charge is 0.392 e. The molecule has 0 aliphatic rings. The van der Waals surface area contributed by atoms with Crippen LogP contribution in [0.3, 0.4) is 0 Å². The molecule has 0 spiro atoms. The molecule has 0 saturated heterocycles. The molecule has 0 saturated carbocycles. The van der Waals surface area contributed by atoms with E-state index in [1.54, 1.807) is 0 Å². The van der Waals surface area contributed by atoms with Crippen molar-refractivity contribution in [1.82, 2.24) is 4.90 Å². The zero-order valence-corrected chi connectivity index (χ0v) is 10.4. The van der Waals surface area contributed by atoms with E-state index in [4.69, 9.17) is 18.0 Å². The maximum absolute atomic E-state index is 5.50. The Morgan fingerprint density at radius 3 is 2.27 bits per heavy atom. The van der Waals surface area contributed by atoms with Crippen molar-refractivity contribution in [1.29, 1.82) is 0 Å². The second-order valence-corrected chi connectivity index (χ2v) is 4.66. The highest BCUT2D eigenvalue weighted by Gasteiger charge is 2.02. The van der Waals surface area contributed by atoms with Gasteiger partial charge < -0.3 is 5.73 Å². The highest BCUT2D eigenvalue weighted by molar-refractivity contribution is 7.80. The van der Waals surface area contributed by atoms with Crippen LogP contribution in [-0.2, 0) is 6.54 Å². The predicted molar refractivity (Wildman–Crippen MR) is 69.0 cm³/mol. The molecule has 3 heteroatoms. The van der Waals surface area contributed by atoms with Gasteiger partial charge in [-0.05, 0) is 26.5 Å². The number of nitrogens with two attached hydrogens (primary N) is 1. The Hall–Kier alpha value is -0.930. The number of benzene rings is 1. The van der Waals surface area contributed by atoms with E-state index in [-0.39, 0.29) is 0 Å². The third-order valence-electron chi connectivity index (χ3n) is 2.16. The molecule has 0 aliphatic heterocycles. The number of nitrogens with zero attached hydrogens (tertiary/aromatic N) is 1. The highest BCUT2D eigenvalue weighted by atomic mass is 32.1. The average molecular weight is 222 g/mol. The molecule has 1 aromatic carbocycles. The molecule has 0 bridgehead atoms. The van der Waals surface area contributed by atoms with Crippen molar-refractivity contribution in [3.8, 4) is 0 Å². The van der Waals surface area contributed by atoms with Crippen LogP contribution in [0.1, 0.15) is 16.7 Å². The first-order valence-electron chi connectivity index (χ1n) is 5.01. The number of hydrogen-bond donors (Lipinski definition) is 1. The van der Waals surface area contributed by atoms with Crippen LogP contribution in [0, 0.1) is 13.8 Å². The van der Waals surface area contributed by atoms with Crippen molar-refractivity contribution >= 4 is 17.2 Å². The number of thiocarbonyl (C=S) groups is 1. The summed E-state index contributed by atoms with van der Waals surface area (Å²) in [6.07, 6.45) is 0. The van der Waals surface area contributed by atoms with Crippen molar-refractivity contribution in [2.24, 2.45) is 5.73 Å². The van der Waals surface area contributed by atoms with Gasteiger partial charge in [0.25, 0.3) is 0 Å². The van der Waals surface area contributed by atoms with Gasteiger partial charge in [0.15, 0.2) is 0 Å². The van der Waals surface area contributed by atoms with Gasteiger partial charge in [0.05, 0.1) is 4.99 Å². The summed E-state index contributed by atoms with van der Waals surface area (Å²) in [7, 11) is 2.02. The van der Waals surface area contributed by atoms with Gasteiger partial charge >= 0.3 is 0 Å². The van der Waals surface area contributed by atoms with Crippen molar-refractivity contribution < 1.29 is 0 Å². The van der Waals surface area contributed by atoms with E-state index in [0.29, 0.717) is 11.5 Å². The number of hydrogen-bond acceptors (Lipinski definition) is 2. The summed E-state index contributed by atoms with van der Waals surface area (Å²) >= 11 is 4.88. The lowest BCUT2D eigenvalue weighted by atomic mass is 10.1. The lowest BCUT2D eigenvalue weighted by Gasteiger charge is -2.16.